The molecule has 14 aromatic rings. The van der Waals surface area contributed by atoms with E-state index >= 15 is 0 Å². The summed E-state index contributed by atoms with van der Waals surface area (Å²) in [4.78, 5) is 38.8. The van der Waals surface area contributed by atoms with E-state index in [0.29, 0.717) is 0 Å². The van der Waals surface area contributed by atoms with Crippen molar-refractivity contribution < 1.29 is 19.5 Å². The molecule has 0 aromatic carbocycles. The summed E-state index contributed by atoms with van der Waals surface area (Å²) < 4.78 is 0. The van der Waals surface area contributed by atoms with Crippen molar-refractivity contribution in [1.82, 2.24) is 9.97 Å². The van der Waals surface area contributed by atoms with Gasteiger partial charge in [-0.25, -0.2) is 9.98 Å². The van der Waals surface area contributed by atoms with Crippen LogP contribution in [0.4, 0.5) is 0 Å². The van der Waals surface area contributed by atoms with E-state index in [0.717, 1.165) is 170 Å². The fraction of sp³-hybridized carbons (Fsp3) is 0. The minimum absolute atomic E-state index is 0. The van der Waals surface area contributed by atoms with Gasteiger partial charge < -0.3 is 9.97 Å². The number of aromatic nitrogens is 2. The Morgan fingerprint density at radius 3 is 0.706 bits per heavy atom. The van der Waals surface area contributed by atoms with Gasteiger partial charge in [-0.15, -0.1) is 158 Å². The van der Waals surface area contributed by atoms with Crippen molar-refractivity contribution in [1.29, 1.82) is 0 Å². The van der Waals surface area contributed by atoms with Crippen LogP contribution in [0.3, 0.4) is 0 Å². The molecular formula is C68H36N4S12Zn. The van der Waals surface area contributed by atoms with Gasteiger partial charge in [0.2, 0.25) is 0 Å². The molecule has 85 heavy (non-hydrogen) atoms. The Kier molecular flexibility index (Phi) is 14.4. The summed E-state index contributed by atoms with van der Waals surface area (Å²) >= 11 is 21.0. The fourth-order valence-corrected chi connectivity index (χ4v) is 20.9. The summed E-state index contributed by atoms with van der Waals surface area (Å²) in [6.45, 7) is 0. The van der Waals surface area contributed by atoms with E-state index in [9.17, 15) is 0 Å². The van der Waals surface area contributed by atoms with Crippen molar-refractivity contribution in [2.45, 2.75) is 0 Å². The molecule has 17 rings (SSSR count). The number of rotatable bonds is 12. The van der Waals surface area contributed by atoms with Crippen molar-refractivity contribution in [3.8, 4) is 41.8 Å². The van der Waals surface area contributed by atoms with Gasteiger partial charge in [0.1, 0.15) is 0 Å². The van der Waals surface area contributed by atoms with Crippen molar-refractivity contribution in [3.05, 3.63) is 283 Å². The first kappa shape index (κ1) is 54.0. The molecule has 0 spiro atoms. The first-order chi connectivity index (χ1) is 41.7. The summed E-state index contributed by atoms with van der Waals surface area (Å²) in [7, 11) is 0. The molecule has 8 bridgehead atoms. The number of nitrogens with zero attached hydrogens (tertiary/aromatic N) is 4. The zero-order valence-corrected chi connectivity index (χ0v) is 56.9. The molecule has 0 amide bonds. The summed E-state index contributed by atoms with van der Waals surface area (Å²) in [5, 5.41) is 28.2. The van der Waals surface area contributed by atoms with Gasteiger partial charge in [-0.05, 0) is 160 Å². The molecule has 16 heterocycles. The summed E-state index contributed by atoms with van der Waals surface area (Å²) in [5.41, 5.74) is 18.0. The molecule has 0 atom stereocenters. The van der Waals surface area contributed by atoms with Crippen molar-refractivity contribution in [3.63, 3.8) is 0 Å². The minimum Gasteiger partial charge on any atom is -0.656 e. The summed E-state index contributed by atoms with van der Waals surface area (Å²) in [6.07, 6.45) is 0. The van der Waals surface area contributed by atoms with Crippen LogP contribution in [0.25, 0.3) is 86.3 Å². The number of thiophene rings is 12. The van der Waals surface area contributed by atoms with E-state index in [1.165, 1.54) is 0 Å². The number of fused-ring (bicyclic) bond motifs is 10. The Hall–Kier alpha value is -6.38. The van der Waals surface area contributed by atoms with E-state index in [4.69, 9.17) is 20.0 Å². The van der Waals surface area contributed by atoms with Crippen LogP contribution in [0.15, 0.2) is 232 Å². The van der Waals surface area contributed by atoms with Gasteiger partial charge in [0.15, 0.2) is 0 Å². The SMILES string of the molecule is [Zn+2].c1csc(C2=C(c3cccs3)C3=C(c4cccs4)c4[n-]c(c(-c5cccs5)c4-c4cccs4)C(c4cccs4)=C4N=C(C(c5cccs5)=C4c4cccs4)C(c4cccs4)=c4[n-]c(c(-c5cccs5)c4-c4cccs4)=C(c4cccs4)C2=N3)c1. The van der Waals surface area contributed by atoms with E-state index in [2.05, 4.69) is 210 Å². The molecule has 3 aliphatic rings. The predicted octanol–water partition coefficient (Wildman–Crippen LogP) is 20.8. The molecule has 1 aliphatic carbocycles. The Labute approximate surface area is 549 Å². The van der Waals surface area contributed by atoms with Gasteiger partial charge in [0.25, 0.3) is 0 Å². The molecule has 14 aromatic heterocycles. The molecule has 2 aliphatic heterocycles. The van der Waals surface area contributed by atoms with E-state index < -0.39 is 0 Å². The molecule has 17 heteroatoms. The average Bonchev–Trinajstić information content (AvgIpc) is 1.72. The predicted molar refractivity (Wildman–Crippen MR) is 372 cm³/mol. The van der Waals surface area contributed by atoms with E-state index in [1.54, 1.807) is 136 Å². The quantitative estimate of drug-likeness (QED) is 0.114. The number of hydrogen-bond donors (Lipinski definition) is 0. The topological polar surface area (TPSA) is 52.9 Å². The van der Waals surface area contributed by atoms with Crippen molar-refractivity contribution in [2.24, 2.45) is 9.98 Å². The van der Waals surface area contributed by atoms with Gasteiger partial charge in [0.05, 0.1) is 22.8 Å². The van der Waals surface area contributed by atoms with E-state index in [1.807, 2.05) is 0 Å². The smallest absolute Gasteiger partial charge is 0.656 e. The largest absolute Gasteiger partial charge is 2.00 e. The second-order valence-corrected chi connectivity index (χ2v) is 30.8. The van der Waals surface area contributed by atoms with Gasteiger partial charge in [-0.1, -0.05) is 72.8 Å². The average molecular weight is 1360 g/mol. The molecule has 0 saturated carbocycles. The van der Waals surface area contributed by atoms with Crippen LogP contribution in [0.1, 0.15) is 50.4 Å². The van der Waals surface area contributed by atoms with Gasteiger partial charge in [-0.2, -0.15) is 0 Å². The molecule has 0 saturated heterocycles. The van der Waals surface area contributed by atoms with Gasteiger partial charge >= 0.3 is 19.5 Å². The number of hydrogen-bond acceptors (Lipinski definition) is 14. The number of allylic oxidation sites excluding steroid dienone is 4. The summed E-state index contributed by atoms with van der Waals surface area (Å²) in [5.74, 6) is 0. The van der Waals surface area contributed by atoms with Gasteiger partial charge in [-0.3, -0.25) is 0 Å². The third kappa shape index (κ3) is 9.04. The molecular weight excluding hydrogens is 1320 g/mol. The van der Waals surface area contributed by atoms with Gasteiger partial charge in [0, 0.05) is 103 Å². The third-order valence-corrected chi connectivity index (χ3v) is 25.5. The maximum absolute atomic E-state index is 6.33. The standard InChI is InChI=1S/C68H36N4S12.Zn/c1-13-37(73-25-1)49-50(38-14-2-26-74-38)62-58(46-22-10-34-82-46)64-53(41-17-5-29-77-41)54(42-18-6-30-78-42)66(71-64)60(48-24-12-36-84-48)68-56(44-20-8-32-80-44)55(43-19-7-31-79-43)67(72-68)59(47-23-11-35-83-47)65-52(40-16-4-28-76-40)51(39-15-3-27-75-39)63(70-65)57(61(49)69-62)45-21-9-33-81-45;/h1-36H;/q-2;+2. The molecule has 4 nitrogen and oxygen atoms in total. The maximum Gasteiger partial charge on any atom is 2.00 e. The Balaban J connectivity index is 0.00000588. The Morgan fingerprint density at radius 2 is 0.447 bits per heavy atom. The molecule has 0 fully saturated rings. The third-order valence-electron chi connectivity index (χ3n) is 14.9. The number of aliphatic imine (C=N–C) groups is 2. The van der Waals surface area contributed by atoms with E-state index in [-0.39, 0.29) is 19.5 Å². The van der Waals surface area contributed by atoms with Crippen molar-refractivity contribution in [2.75, 3.05) is 0 Å². The Bertz CT molecular complexity index is 4710. The van der Waals surface area contributed by atoms with Crippen LogP contribution in [0.5, 0.6) is 0 Å². The fourth-order valence-electron chi connectivity index (χ4n) is 11.6. The normalized spacial score (nSPS) is 14.4. The molecule has 0 N–H and O–H groups in total. The molecule has 0 unspecified atom stereocenters. The van der Waals surface area contributed by atoms with Crippen molar-refractivity contribution >= 4 is 192 Å². The first-order valence-electron chi connectivity index (χ1n) is 26.5. The van der Waals surface area contributed by atoms with Crippen LogP contribution in [0, 0.1) is 0 Å². The van der Waals surface area contributed by atoms with Crippen LogP contribution >= 0.6 is 136 Å². The first-order valence-corrected chi connectivity index (χ1v) is 37.1. The monoisotopic (exact) mass is 1360 g/mol. The molecule has 402 valence electrons. The maximum atomic E-state index is 6.33. The second-order valence-electron chi connectivity index (χ2n) is 19.5. The zero-order valence-electron chi connectivity index (χ0n) is 44.2. The van der Waals surface area contributed by atoms with Crippen LogP contribution in [-0.4, -0.2) is 11.4 Å². The summed E-state index contributed by atoms with van der Waals surface area (Å²) in [6, 6.07) is 53.4. The minimum atomic E-state index is 0. The van der Waals surface area contributed by atoms with Crippen LogP contribution in [0.2, 0.25) is 0 Å². The Morgan fingerprint density at radius 1 is 0.224 bits per heavy atom. The van der Waals surface area contributed by atoms with Crippen LogP contribution in [-0.2, 0) is 19.5 Å². The van der Waals surface area contributed by atoms with Crippen LogP contribution < -0.4 is 20.7 Å². The zero-order chi connectivity index (χ0) is 55.2. The second kappa shape index (κ2) is 22.7. The molecule has 0 radical (unpaired) electrons.